The number of benzene rings is 3. The van der Waals surface area contributed by atoms with Gasteiger partial charge in [0.05, 0.1) is 0 Å². The van der Waals surface area contributed by atoms with Crippen molar-refractivity contribution in [3.8, 4) is 0 Å². The van der Waals surface area contributed by atoms with Gasteiger partial charge in [0.1, 0.15) is 0 Å². The Kier molecular flexibility index (Phi) is 10.1. The van der Waals surface area contributed by atoms with Crippen LogP contribution in [0.25, 0.3) is 0 Å². The molecular weight excluding hydrogens is 559 g/mol. The molecule has 1 saturated heterocycles. The molecule has 0 bridgehead atoms. The number of nitrogens with zero attached hydrogens (tertiary/aromatic N) is 2. The molecule has 1 unspecified atom stereocenters. The summed E-state index contributed by atoms with van der Waals surface area (Å²) in [7, 11) is 0. The van der Waals surface area contributed by atoms with Gasteiger partial charge >= 0.3 is 0 Å². The number of halogens is 2. The zero-order valence-corrected chi connectivity index (χ0v) is 25.0. The van der Waals surface area contributed by atoms with E-state index in [0.717, 1.165) is 61.4 Å². The van der Waals surface area contributed by atoms with Crippen molar-refractivity contribution in [2.24, 2.45) is 0 Å². The molecule has 0 spiro atoms. The SMILES string of the molecule is Cc1ccccc1C(=O)Nc1ccc(C(=O)N2CCCC(CC(=O)N3CCNCC3)c3cc(Cl)ccc32)c(C)c1.Cl. The van der Waals surface area contributed by atoms with E-state index in [4.69, 9.17) is 11.6 Å². The van der Waals surface area contributed by atoms with Crippen LogP contribution in [0.4, 0.5) is 11.4 Å². The van der Waals surface area contributed by atoms with Gasteiger partial charge in [-0.25, -0.2) is 0 Å². The van der Waals surface area contributed by atoms with Crippen LogP contribution in [-0.4, -0.2) is 55.3 Å². The third-order valence-corrected chi connectivity index (χ3v) is 8.13. The Balaban J connectivity index is 0.00000387. The van der Waals surface area contributed by atoms with Gasteiger partial charge in [0, 0.05) is 66.7 Å². The van der Waals surface area contributed by atoms with Gasteiger partial charge in [0.2, 0.25) is 5.91 Å². The van der Waals surface area contributed by atoms with Crippen molar-refractivity contribution < 1.29 is 14.4 Å². The maximum atomic E-state index is 13.9. The highest BCUT2D eigenvalue weighted by molar-refractivity contribution is 6.30. The number of aryl methyl sites for hydroxylation is 2. The molecule has 0 aromatic heterocycles. The minimum absolute atomic E-state index is 0. The largest absolute Gasteiger partial charge is 0.340 e. The van der Waals surface area contributed by atoms with E-state index in [2.05, 4.69) is 10.6 Å². The Morgan fingerprint density at radius 3 is 2.41 bits per heavy atom. The van der Waals surface area contributed by atoms with E-state index in [1.807, 2.05) is 60.0 Å². The molecule has 0 radical (unpaired) electrons. The summed E-state index contributed by atoms with van der Waals surface area (Å²) in [6, 6.07) is 18.4. The van der Waals surface area contributed by atoms with Gasteiger partial charge < -0.3 is 20.4 Å². The number of rotatable bonds is 5. The van der Waals surface area contributed by atoms with Crippen molar-refractivity contribution in [3.63, 3.8) is 0 Å². The van der Waals surface area contributed by atoms with E-state index in [-0.39, 0.29) is 36.0 Å². The first-order chi connectivity index (χ1) is 19.3. The molecule has 3 aromatic rings. The molecule has 3 aromatic carbocycles. The Morgan fingerprint density at radius 1 is 0.927 bits per heavy atom. The first-order valence-electron chi connectivity index (χ1n) is 13.9. The number of fused-ring (bicyclic) bond motifs is 1. The van der Waals surface area contributed by atoms with E-state index in [1.54, 1.807) is 24.3 Å². The Morgan fingerprint density at radius 2 is 1.68 bits per heavy atom. The number of amides is 3. The van der Waals surface area contributed by atoms with Gasteiger partial charge in [0.25, 0.3) is 11.8 Å². The molecule has 0 saturated carbocycles. The lowest BCUT2D eigenvalue weighted by atomic mass is 9.90. The van der Waals surface area contributed by atoms with Crippen LogP contribution in [-0.2, 0) is 4.79 Å². The quantitative estimate of drug-likeness (QED) is 0.381. The van der Waals surface area contributed by atoms with Gasteiger partial charge in [-0.2, -0.15) is 0 Å². The van der Waals surface area contributed by atoms with Crippen molar-refractivity contribution in [2.75, 3.05) is 42.9 Å². The van der Waals surface area contributed by atoms with Crippen LogP contribution in [0.3, 0.4) is 0 Å². The molecule has 2 aliphatic rings. The predicted octanol–water partition coefficient (Wildman–Crippen LogP) is 5.98. The third-order valence-electron chi connectivity index (χ3n) is 7.89. The van der Waals surface area contributed by atoms with Crippen LogP contribution >= 0.6 is 24.0 Å². The first-order valence-corrected chi connectivity index (χ1v) is 14.3. The first kappa shape index (κ1) is 30.6. The average Bonchev–Trinajstić information content (AvgIpc) is 3.12. The van der Waals surface area contributed by atoms with Crippen molar-refractivity contribution in [2.45, 2.75) is 39.0 Å². The summed E-state index contributed by atoms with van der Waals surface area (Å²) in [5.41, 5.74) is 5.25. The second-order valence-corrected chi connectivity index (χ2v) is 11.1. The van der Waals surface area contributed by atoms with Crippen LogP contribution in [0.2, 0.25) is 5.02 Å². The summed E-state index contributed by atoms with van der Waals surface area (Å²) >= 11 is 6.42. The minimum Gasteiger partial charge on any atom is -0.340 e. The van der Waals surface area contributed by atoms with Gasteiger partial charge in [-0.3, -0.25) is 14.4 Å². The molecule has 41 heavy (non-hydrogen) atoms. The van der Waals surface area contributed by atoms with Gasteiger partial charge in [0.15, 0.2) is 0 Å². The van der Waals surface area contributed by atoms with Crippen LogP contribution in [0.5, 0.6) is 0 Å². The zero-order chi connectivity index (χ0) is 28.2. The fraction of sp³-hybridized carbons (Fsp3) is 0.344. The van der Waals surface area contributed by atoms with Crippen LogP contribution in [0.15, 0.2) is 60.7 Å². The maximum Gasteiger partial charge on any atom is 0.258 e. The molecule has 2 aliphatic heterocycles. The highest BCUT2D eigenvalue weighted by atomic mass is 35.5. The fourth-order valence-corrected chi connectivity index (χ4v) is 5.88. The molecule has 7 nitrogen and oxygen atoms in total. The molecule has 2 N–H and O–H groups in total. The smallest absolute Gasteiger partial charge is 0.258 e. The molecule has 0 aliphatic carbocycles. The van der Waals surface area contributed by atoms with E-state index in [1.165, 1.54) is 0 Å². The lowest BCUT2D eigenvalue weighted by molar-refractivity contribution is -0.132. The summed E-state index contributed by atoms with van der Waals surface area (Å²) in [6.07, 6.45) is 1.99. The van der Waals surface area contributed by atoms with Crippen molar-refractivity contribution in [3.05, 3.63) is 93.5 Å². The second-order valence-electron chi connectivity index (χ2n) is 10.6. The van der Waals surface area contributed by atoms with Crippen molar-refractivity contribution in [1.82, 2.24) is 10.2 Å². The van der Waals surface area contributed by atoms with Gasteiger partial charge in [-0.1, -0.05) is 29.8 Å². The molecule has 2 heterocycles. The summed E-state index contributed by atoms with van der Waals surface area (Å²) in [4.78, 5) is 43.6. The normalized spacial score (nSPS) is 16.7. The van der Waals surface area contributed by atoms with E-state index in [9.17, 15) is 14.4 Å². The summed E-state index contributed by atoms with van der Waals surface area (Å²) < 4.78 is 0. The molecular formula is C32H36Cl2N4O3. The van der Waals surface area contributed by atoms with Crippen molar-refractivity contribution >= 4 is 53.1 Å². The van der Waals surface area contributed by atoms with Gasteiger partial charge in [-0.15, -0.1) is 12.4 Å². The van der Waals surface area contributed by atoms with E-state index in [0.29, 0.717) is 34.8 Å². The molecule has 1 atom stereocenters. The van der Waals surface area contributed by atoms with Crippen LogP contribution < -0.4 is 15.5 Å². The molecule has 1 fully saturated rings. The minimum atomic E-state index is -0.184. The number of hydrogen-bond acceptors (Lipinski definition) is 4. The Hall–Kier alpha value is -3.39. The van der Waals surface area contributed by atoms with Crippen LogP contribution in [0.1, 0.15) is 62.6 Å². The number of piperazine rings is 1. The monoisotopic (exact) mass is 594 g/mol. The fourth-order valence-electron chi connectivity index (χ4n) is 5.70. The third kappa shape index (κ3) is 6.92. The number of nitrogens with one attached hydrogen (secondary N) is 2. The van der Waals surface area contributed by atoms with E-state index < -0.39 is 0 Å². The maximum absolute atomic E-state index is 13.9. The molecule has 9 heteroatoms. The molecule has 216 valence electrons. The average molecular weight is 596 g/mol. The molecule has 5 rings (SSSR count). The standard InChI is InChI=1S/C32H35ClN4O3.ClH/c1-21-6-3-4-8-26(21)31(39)35-25-10-11-27(22(2)18-25)32(40)37-15-5-7-23(28-20-24(33)9-12-29(28)37)19-30(38)36-16-13-34-14-17-36;/h3-4,6,8-12,18,20,23,34H,5,7,13-17,19H2,1-2H3,(H,35,39);1H. The Labute approximate surface area is 252 Å². The number of carbonyl (C=O) groups is 3. The summed E-state index contributed by atoms with van der Waals surface area (Å²) in [6.45, 7) is 7.41. The van der Waals surface area contributed by atoms with Crippen LogP contribution in [0, 0.1) is 13.8 Å². The number of hydrogen-bond donors (Lipinski definition) is 2. The molecule has 3 amide bonds. The highest BCUT2D eigenvalue weighted by Crippen LogP contribution is 2.39. The number of anilines is 2. The summed E-state index contributed by atoms with van der Waals surface area (Å²) in [5, 5.41) is 6.84. The Bertz CT molecular complexity index is 1440. The summed E-state index contributed by atoms with van der Waals surface area (Å²) in [5.74, 6) is -0.145. The predicted molar refractivity (Wildman–Crippen MR) is 167 cm³/mol. The lowest BCUT2D eigenvalue weighted by Gasteiger charge is -2.29. The topological polar surface area (TPSA) is 81.8 Å². The van der Waals surface area contributed by atoms with E-state index >= 15 is 0 Å². The van der Waals surface area contributed by atoms with Gasteiger partial charge in [-0.05, 0) is 91.8 Å². The lowest BCUT2D eigenvalue weighted by Crippen LogP contribution is -2.46. The highest BCUT2D eigenvalue weighted by Gasteiger charge is 2.30. The zero-order valence-electron chi connectivity index (χ0n) is 23.4. The number of carbonyl (C=O) groups excluding carboxylic acids is 3. The second kappa shape index (κ2) is 13.5. The van der Waals surface area contributed by atoms with Crippen molar-refractivity contribution in [1.29, 1.82) is 0 Å².